The van der Waals surface area contributed by atoms with Gasteiger partial charge in [-0.2, -0.15) is 52.7 Å². The standard InChI is InChI=1S/C28H29F12NOSi/c1-43(2,3)42-24(23-8-15-6-4-5-7-22(15)41-23,16-9-18(25(29,30)31)13-19(10-16)26(32,33)34)17-11-20(27(35,36)37)14-21(12-17)28(38,39)40/h9-15,22-23,41H,4-8H2,1-3H3/t15-,22-,23-/m0/s1. The van der Waals surface area contributed by atoms with Gasteiger partial charge in [0.25, 0.3) is 0 Å². The zero-order valence-corrected chi connectivity index (χ0v) is 24.2. The molecule has 2 nitrogen and oxygen atoms in total. The molecule has 1 saturated carbocycles. The highest BCUT2D eigenvalue weighted by Gasteiger charge is 2.54. The summed E-state index contributed by atoms with van der Waals surface area (Å²) in [5.74, 6) is -0.163. The largest absolute Gasteiger partial charge is 0.416 e. The van der Waals surface area contributed by atoms with Gasteiger partial charge in [0, 0.05) is 12.1 Å². The molecule has 0 spiro atoms. The average molecular weight is 652 g/mol. The number of hydrogen-bond acceptors (Lipinski definition) is 2. The first kappa shape index (κ1) is 33.6. The van der Waals surface area contributed by atoms with Crippen LogP contribution in [0.1, 0.15) is 65.5 Å². The molecular formula is C28H29F12NOSi. The van der Waals surface area contributed by atoms with Crippen LogP contribution in [0, 0.1) is 5.92 Å². The van der Waals surface area contributed by atoms with Crippen LogP contribution in [0.15, 0.2) is 36.4 Å². The third-order valence-electron chi connectivity index (χ3n) is 7.85. The van der Waals surface area contributed by atoms with Crippen molar-refractivity contribution in [2.24, 2.45) is 5.92 Å². The van der Waals surface area contributed by atoms with E-state index in [1.54, 1.807) is 0 Å². The Labute approximate surface area is 240 Å². The minimum atomic E-state index is -5.33. The molecule has 2 aliphatic rings. The van der Waals surface area contributed by atoms with Crippen LogP contribution in [0.3, 0.4) is 0 Å². The summed E-state index contributed by atoms with van der Waals surface area (Å²) < 4.78 is 175. The highest BCUT2D eigenvalue weighted by molar-refractivity contribution is 6.69. The number of halogens is 12. The molecule has 0 amide bonds. The number of alkyl halides is 12. The maximum Gasteiger partial charge on any atom is 0.416 e. The fraction of sp³-hybridized carbons (Fsp3) is 0.571. The lowest BCUT2D eigenvalue weighted by atomic mass is 9.75. The van der Waals surface area contributed by atoms with E-state index < -0.39 is 78.0 Å². The van der Waals surface area contributed by atoms with Gasteiger partial charge >= 0.3 is 24.7 Å². The number of fused-ring (bicyclic) bond motifs is 1. The van der Waals surface area contributed by atoms with E-state index >= 15 is 0 Å². The van der Waals surface area contributed by atoms with Crippen molar-refractivity contribution in [1.29, 1.82) is 0 Å². The maximum absolute atomic E-state index is 14.0. The Morgan fingerprint density at radius 1 is 0.581 bits per heavy atom. The fourth-order valence-corrected chi connectivity index (χ4v) is 7.55. The van der Waals surface area contributed by atoms with Crippen LogP contribution >= 0.6 is 0 Å². The summed E-state index contributed by atoms with van der Waals surface area (Å²) in [6, 6.07) is -0.473. The van der Waals surface area contributed by atoms with E-state index in [9.17, 15) is 52.7 Å². The lowest BCUT2D eigenvalue weighted by molar-refractivity contribution is -0.144. The summed E-state index contributed by atoms with van der Waals surface area (Å²) >= 11 is 0. The lowest BCUT2D eigenvalue weighted by Crippen LogP contribution is -2.54. The van der Waals surface area contributed by atoms with Crippen LogP contribution in [0.2, 0.25) is 19.6 Å². The van der Waals surface area contributed by atoms with E-state index in [0.717, 1.165) is 12.8 Å². The van der Waals surface area contributed by atoms with Crippen LogP contribution in [-0.2, 0) is 34.7 Å². The van der Waals surface area contributed by atoms with Gasteiger partial charge < -0.3 is 9.74 Å². The lowest BCUT2D eigenvalue weighted by Gasteiger charge is -2.45. The smallest absolute Gasteiger partial charge is 0.403 e. The van der Waals surface area contributed by atoms with Crippen LogP contribution in [0.25, 0.3) is 0 Å². The molecule has 2 aromatic carbocycles. The quantitative estimate of drug-likeness (QED) is 0.257. The molecule has 1 aliphatic heterocycles. The summed E-state index contributed by atoms with van der Waals surface area (Å²) in [5.41, 5.74) is -11.3. The van der Waals surface area contributed by atoms with Crippen molar-refractivity contribution in [3.8, 4) is 0 Å². The summed E-state index contributed by atoms with van der Waals surface area (Å²) in [6.45, 7) is 4.50. The zero-order chi connectivity index (χ0) is 32.4. The summed E-state index contributed by atoms with van der Waals surface area (Å²) in [5, 5.41) is 3.16. The van der Waals surface area contributed by atoms with Gasteiger partial charge in [0.05, 0.1) is 22.3 Å². The number of benzene rings is 2. The Morgan fingerprint density at radius 2 is 0.930 bits per heavy atom. The van der Waals surface area contributed by atoms with Gasteiger partial charge in [-0.15, -0.1) is 0 Å². The van der Waals surface area contributed by atoms with Crippen molar-refractivity contribution in [2.45, 2.75) is 94.1 Å². The molecule has 0 radical (unpaired) electrons. The van der Waals surface area contributed by atoms with Gasteiger partial charge in [0.1, 0.15) is 5.60 Å². The Balaban J connectivity index is 2.17. The average Bonchev–Trinajstić information content (AvgIpc) is 3.29. The number of rotatable bonds is 5. The van der Waals surface area contributed by atoms with Gasteiger partial charge in [-0.05, 0) is 92.3 Å². The third-order valence-corrected chi connectivity index (χ3v) is 8.79. The predicted molar refractivity (Wildman–Crippen MR) is 135 cm³/mol. The van der Waals surface area contributed by atoms with Gasteiger partial charge in [0.2, 0.25) is 0 Å². The van der Waals surface area contributed by atoms with Gasteiger partial charge in [-0.3, -0.25) is 0 Å². The second kappa shape index (κ2) is 11.0. The Morgan fingerprint density at radius 3 is 1.26 bits per heavy atom. The van der Waals surface area contributed by atoms with Crippen LogP contribution in [0.4, 0.5) is 52.7 Å². The first-order valence-corrected chi connectivity index (χ1v) is 16.9. The van der Waals surface area contributed by atoms with E-state index in [1.165, 1.54) is 19.6 Å². The molecule has 2 aromatic rings. The SMILES string of the molecule is C[Si](C)(C)OC(c1cc(C(F)(F)F)cc(C(F)(F)F)c1)(c1cc(C(F)(F)F)cc(C(F)(F)F)c1)[C@@H]1C[C@@H]2CCCC[C@@H]2N1. The monoisotopic (exact) mass is 651 g/mol. The number of hydrogen-bond donors (Lipinski definition) is 1. The van der Waals surface area contributed by atoms with E-state index in [-0.39, 0.29) is 30.5 Å². The van der Waals surface area contributed by atoms with E-state index in [2.05, 4.69) is 5.32 Å². The highest BCUT2D eigenvalue weighted by Crippen LogP contribution is 2.51. The molecule has 2 fully saturated rings. The first-order valence-electron chi connectivity index (χ1n) is 13.5. The van der Waals surface area contributed by atoms with Gasteiger partial charge in [-0.1, -0.05) is 12.8 Å². The van der Waals surface area contributed by atoms with E-state index in [0.29, 0.717) is 37.1 Å². The van der Waals surface area contributed by atoms with Crippen molar-refractivity contribution < 1.29 is 57.1 Å². The molecule has 1 aliphatic carbocycles. The summed E-state index contributed by atoms with van der Waals surface area (Å²) in [4.78, 5) is 0. The maximum atomic E-state index is 14.0. The molecule has 1 saturated heterocycles. The van der Waals surface area contributed by atoms with Crippen molar-refractivity contribution >= 4 is 8.32 Å². The molecule has 0 unspecified atom stereocenters. The molecule has 43 heavy (non-hydrogen) atoms. The number of nitrogens with one attached hydrogen (secondary N) is 1. The Kier molecular flexibility index (Phi) is 8.58. The molecule has 15 heteroatoms. The first-order chi connectivity index (χ1) is 19.4. The minimum absolute atomic E-state index is 0.0460. The van der Waals surface area contributed by atoms with Crippen molar-refractivity contribution in [1.82, 2.24) is 5.32 Å². The predicted octanol–water partition coefficient (Wildman–Crippen LogP) is 9.78. The van der Waals surface area contributed by atoms with Crippen molar-refractivity contribution in [2.75, 3.05) is 0 Å². The highest BCUT2D eigenvalue weighted by atomic mass is 28.4. The normalized spacial score (nSPS) is 22.5. The molecular weight excluding hydrogens is 622 g/mol. The Hall–Kier alpha value is -2.26. The molecule has 3 atom stereocenters. The van der Waals surface area contributed by atoms with Crippen molar-refractivity contribution in [3.63, 3.8) is 0 Å². The van der Waals surface area contributed by atoms with Crippen molar-refractivity contribution in [3.05, 3.63) is 69.8 Å². The van der Waals surface area contributed by atoms with E-state index in [1.807, 2.05) is 0 Å². The molecule has 0 aromatic heterocycles. The second-order valence-corrected chi connectivity index (χ2v) is 16.6. The zero-order valence-electron chi connectivity index (χ0n) is 23.2. The van der Waals surface area contributed by atoms with Gasteiger partial charge in [-0.25, -0.2) is 0 Å². The van der Waals surface area contributed by atoms with Crippen LogP contribution in [-0.4, -0.2) is 20.4 Å². The fourth-order valence-electron chi connectivity index (χ4n) is 6.20. The molecule has 240 valence electrons. The van der Waals surface area contributed by atoms with E-state index in [4.69, 9.17) is 4.43 Å². The summed E-state index contributed by atoms with van der Waals surface area (Å²) in [7, 11) is -3.19. The third kappa shape index (κ3) is 7.19. The topological polar surface area (TPSA) is 21.3 Å². The minimum Gasteiger partial charge on any atom is -0.403 e. The van der Waals surface area contributed by atoms with Crippen LogP contribution in [0.5, 0.6) is 0 Å². The molecule has 0 bridgehead atoms. The van der Waals surface area contributed by atoms with Crippen LogP contribution < -0.4 is 5.32 Å². The molecule has 4 rings (SSSR count). The molecule has 1 heterocycles. The Bertz CT molecular complexity index is 1170. The second-order valence-electron chi connectivity index (χ2n) is 12.1. The summed E-state index contributed by atoms with van der Waals surface area (Å²) in [6.07, 6.45) is -18.6. The van der Waals surface area contributed by atoms with Gasteiger partial charge in [0.15, 0.2) is 8.32 Å². The molecule has 1 N–H and O–H groups in total.